The zero-order chi connectivity index (χ0) is 11.1. The summed E-state index contributed by atoms with van der Waals surface area (Å²) in [7, 11) is 0. The average Bonchev–Trinajstić information content (AvgIpc) is 2.27. The second kappa shape index (κ2) is 6.42. The van der Waals surface area contributed by atoms with Gasteiger partial charge < -0.3 is 10.5 Å². The van der Waals surface area contributed by atoms with Crippen molar-refractivity contribution in [2.45, 2.75) is 18.5 Å². The molecule has 0 fully saturated rings. The molecule has 0 amide bonds. The van der Waals surface area contributed by atoms with Gasteiger partial charge in [0.15, 0.2) is 0 Å². The number of carbonyl (C=O) groups is 1. The molecule has 15 heavy (non-hydrogen) atoms. The molecule has 0 radical (unpaired) electrons. The van der Waals surface area contributed by atoms with Crippen LogP contribution in [0.25, 0.3) is 0 Å². The van der Waals surface area contributed by atoms with Crippen LogP contribution in [0.2, 0.25) is 0 Å². The molecule has 0 saturated heterocycles. The Bertz CT molecular complexity index is 331. The summed E-state index contributed by atoms with van der Waals surface area (Å²) in [5.74, 6) is 0.0498. The van der Waals surface area contributed by atoms with Crippen molar-refractivity contribution in [3.63, 3.8) is 0 Å². The first-order chi connectivity index (χ1) is 7.27. The molecule has 0 unspecified atom stereocenters. The van der Waals surface area contributed by atoms with Gasteiger partial charge in [-0.25, -0.2) is 4.98 Å². The van der Waals surface area contributed by atoms with Gasteiger partial charge in [-0.3, -0.25) is 4.79 Å². The average molecular weight is 226 g/mol. The third kappa shape index (κ3) is 3.89. The van der Waals surface area contributed by atoms with Crippen molar-refractivity contribution in [3.8, 4) is 0 Å². The second-order valence-corrected chi connectivity index (χ2v) is 3.73. The fourth-order valence-corrected chi connectivity index (χ4v) is 1.85. The van der Waals surface area contributed by atoms with Gasteiger partial charge in [-0.1, -0.05) is 17.8 Å². The zero-order valence-corrected chi connectivity index (χ0v) is 9.42. The van der Waals surface area contributed by atoms with Crippen LogP contribution in [-0.4, -0.2) is 23.3 Å². The van der Waals surface area contributed by atoms with Gasteiger partial charge in [0.2, 0.25) is 0 Å². The second-order valence-electron chi connectivity index (χ2n) is 2.77. The van der Waals surface area contributed by atoms with E-state index in [0.717, 1.165) is 10.6 Å². The summed E-state index contributed by atoms with van der Waals surface area (Å²) >= 11 is 1.35. The van der Waals surface area contributed by atoms with Crippen LogP contribution in [0, 0.1) is 0 Å². The van der Waals surface area contributed by atoms with E-state index in [2.05, 4.69) is 4.98 Å². The summed E-state index contributed by atoms with van der Waals surface area (Å²) in [4.78, 5) is 15.3. The molecule has 1 rings (SSSR count). The molecule has 0 bridgehead atoms. The van der Waals surface area contributed by atoms with E-state index in [4.69, 9.17) is 10.5 Å². The Morgan fingerprint density at radius 2 is 2.47 bits per heavy atom. The number of esters is 1. The lowest BCUT2D eigenvalue weighted by atomic mass is 10.3. The van der Waals surface area contributed by atoms with E-state index in [0.29, 0.717) is 13.2 Å². The Balaban J connectivity index is 2.53. The molecule has 0 aliphatic rings. The van der Waals surface area contributed by atoms with E-state index in [1.165, 1.54) is 11.8 Å². The molecule has 0 atom stereocenters. The molecule has 1 heterocycles. The van der Waals surface area contributed by atoms with Gasteiger partial charge in [-0.2, -0.15) is 0 Å². The van der Waals surface area contributed by atoms with Gasteiger partial charge in [0.05, 0.1) is 12.4 Å². The van der Waals surface area contributed by atoms with E-state index in [1.807, 2.05) is 12.1 Å². The highest BCUT2D eigenvalue weighted by atomic mass is 32.2. The summed E-state index contributed by atoms with van der Waals surface area (Å²) in [5.41, 5.74) is 6.50. The van der Waals surface area contributed by atoms with E-state index in [-0.39, 0.29) is 11.7 Å². The first-order valence-electron chi connectivity index (χ1n) is 4.70. The SMILES string of the molecule is CCOC(=O)CSc1ncccc1CN. The van der Waals surface area contributed by atoms with Crippen molar-refractivity contribution in [2.24, 2.45) is 5.73 Å². The fourth-order valence-electron chi connectivity index (χ4n) is 1.04. The number of rotatable bonds is 5. The summed E-state index contributed by atoms with van der Waals surface area (Å²) < 4.78 is 4.82. The molecule has 1 aromatic heterocycles. The summed E-state index contributed by atoms with van der Waals surface area (Å²) in [6, 6.07) is 3.73. The molecule has 5 heteroatoms. The number of hydrogen-bond donors (Lipinski definition) is 1. The van der Waals surface area contributed by atoms with Crippen LogP contribution in [0.5, 0.6) is 0 Å². The van der Waals surface area contributed by atoms with E-state index >= 15 is 0 Å². The van der Waals surface area contributed by atoms with Crippen LogP contribution >= 0.6 is 11.8 Å². The molecule has 0 spiro atoms. The highest BCUT2D eigenvalue weighted by Crippen LogP contribution is 2.19. The van der Waals surface area contributed by atoms with Crippen LogP contribution in [0.1, 0.15) is 12.5 Å². The van der Waals surface area contributed by atoms with Crippen LogP contribution in [-0.2, 0) is 16.1 Å². The lowest BCUT2D eigenvalue weighted by molar-refractivity contribution is -0.139. The molecule has 82 valence electrons. The van der Waals surface area contributed by atoms with Crippen molar-refractivity contribution in [2.75, 3.05) is 12.4 Å². The van der Waals surface area contributed by atoms with Crippen LogP contribution in [0.4, 0.5) is 0 Å². The molecule has 0 aliphatic carbocycles. The van der Waals surface area contributed by atoms with Crippen molar-refractivity contribution in [3.05, 3.63) is 23.9 Å². The zero-order valence-electron chi connectivity index (χ0n) is 8.60. The van der Waals surface area contributed by atoms with Gasteiger partial charge >= 0.3 is 5.97 Å². The van der Waals surface area contributed by atoms with Gasteiger partial charge in [0.1, 0.15) is 5.03 Å². The number of ether oxygens (including phenoxy) is 1. The maximum absolute atomic E-state index is 11.1. The molecule has 2 N–H and O–H groups in total. The van der Waals surface area contributed by atoms with Crippen LogP contribution in [0.3, 0.4) is 0 Å². The van der Waals surface area contributed by atoms with Crippen LogP contribution < -0.4 is 5.73 Å². The third-order valence-electron chi connectivity index (χ3n) is 1.70. The summed E-state index contributed by atoms with van der Waals surface area (Å²) in [5, 5.41) is 0.799. The summed E-state index contributed by atoms with van der Waals surface area (Å²) in [6.45, 7) is 2.62. The number of carbonyl (C=O) groups excluding carboxylic acids is 1. The third-order valence-corrected chi connectivity index (χ3v) is 2.72. The van der Waals surface area contributed by atoms with E-state index in [9.17, 15) is 4.79 Å². The van der Waals surface area contributed by atoms with E-state index < -0.39 is 0 Å². The Morgan fingerprint density at radius 1 is 1.67 bits per heavy atom. The molecule has 1 aromatic rings. The first-order valence-corrected chi connectivity index (χ1v) is 5.68. The Labute approximate surface area is 93.2 Å². The number of nitrogens with zero attached hydrogens (tertiary/aromatic N) is 1. The highest BCUT2D eigenvalue weighted by Gasteiger charge is 2.06. The van der Waals surface area contributed by atoms with E-state index in [1.54, 1.807) is 13.1 Å². The number of nitrogens with two attached hydrogens (primary N) is 1. The minimum absolute atomic E-state index is 0.226. The molecule has 0 saturated carbocycles. The first kappa shape index (κ1) is 12.0. The van der Waals surface area contributed by atoms with Crippen molar-refractivity contribution < 1.29 is 9.53 Å². The quantitative estimate of drug-likeness (QED) is 0.603. The number of thioether (sulfide) groups is 1. The lowest BCUT2D eigenvalue weighted by Crippen LogP contribution is -2.07. The predicted octanol–water partition coefficient (Wildman–Crippen LogP) is 1.20. The largest absolute Gasteiger partial charge is 0.465 e. The predicted molar refractivity (Wildman–Crippen MR) is 59.5 cm³/mol. The normalized spacial score (nSPS) is 10.0. The van der Waals surface area contributed by atoms with Gasteiger partial charge in [0, 0.05) is 12.7 Å². The van der Waals surface area contributed by atoms with Crippen molar-refractivity contribution in [1.82, 2.24) is 4.98 Å². The standard InChI is InChI=1S/C10H14N2O2S/c1-2-14-9(13)7-15-10-8(6-11)4-3-5-12-10/h3-5H,2,6-7,11H2,1H3. The molecular weight excluding hydrogens is 212 g/mol. The molecule has 0 aliphatic heterocycles. The molecule has 4 nitrogen and oxygen atoms in total. The van der Waals surface area contributed by atoms with Crippen molar-refractivity contribution in [1.29, 1.82) is 0 Å². The highest BCUT2D eigenvalue weighted by molar-refractivity contribution is 7.99. The Hall–Kier alpha value is -1.07. The maximum Gasteiger partial charge on any atom is 0.316 e. The maximum atomic E-state index is 11.1. The van der Waals surface area contributed by atoms with Crippen LogP contribution in [0.15, 0.2) is 23.4 Å². The number of aromatic nitrogens is 1. The monoisotopic (exact) mass is 226 g/mol. The fraction of sp³-hybridized carbons (Fsp3) is 0.400. The Morgan fingerprint density at radius 3 is 3.13 bits per heavy atom. The minimum Gasteiger partial charge on any atom is -0.465 e. The number of pyridine rings is 1. The smallest absolute Gasteiger partial charge is 0.316 e. The lowest BCUT2D eigenvalue weighted by Gasteiger charge is -2.05. The topological polar surface area (TPSA) is 65.2 Å². The summed E-state index contributed by atoms with van der Waals surface area (Å²) in [6.07, 6.45) is 1.69. The molecule has 0 aromatic carbocycles. The molecular formula is C10H14N2O2S. The van der Waals surface area contributed by atoms with Gasteiger partial charge in [0.25, 0.3) is 0 Å². The number of hydrogen-bond acceptors (Lipinski definition) is 5. The van der Waals surface area contributed by atoms with Crippen molar-refractivity contribution >= 4 is 17.7 Å². The Kier molecular flexibility index (Phi) is 5.14. The van der Waals surface area contributed by atoms with Gasteiger partial charge in [-0.05, 0) is 18.6 Å². The minimum atomic E-state index is -0.226. The van der Waals surface area contributed by atoms with Gasteiger partial charge in [-0.15, -0.1) is 0 Å².